The molecule has 0 bridgehead atoms. The molecule has 148 valence electrons. The molecule has 1 aliphatic carbocycles. The highest BCUT2D eigenvalue weighted by Gasteiger charge is 2.22. The minimum Gasteiger partial charge on any atom is -0.490 e. The molecule has 3 rings (SSSR count). The SMILES string of the molecule is CCN(CC)C(=O)c1ccc(NC(=O)c2ccccc2OC2CCC2)cc1Cl. The van der Waals surface area contributed by atoms with E-state index in [0.717, 1.165) is 19.3 Å². The van der Waals surface area contributed by atoms with Crippen LogP contribution in [0.1, 0.15) is 53.8 Å². The van der Waals surface area contributed by atoms with Crippen molar-refractivity contribution >= 4 is 29.1 Å². The number of carbonyl (C=O) groups excluding carboxylic acids is 2. The molecule has 0 atom stereocenters. The molecule has 1 N–H and O–H groups in total. The van der Waals surface area contributed by atoms with E-state index in [1.54, 1.807) is 35.2 Å². The lowest BCUT2D eigenvalue weighted by molar-refractivity contribution is 0.0773. The first kappa shape index (κ1) is 20.2. The van der Waals surface area contributed by atoms with Crippen LogP contribution in [0, 0.1) is 0 Å². The number of anilines is 1. The average Bonchev–Trinajstić information content (AvgIpc) is 2.66. The van der Waals surface area contributed by atoms with E-state index in [0.29, 0.717) is 40.7 Å². The molecule has 0 heterocycles. The summed E-state index contributed by atoms with van der Waals surface area (Å²) in [6.07, 6.45) is 3.39. The van der Waals surface area contributed by atoms with E-state index < -0.39 is 0 Å². The fourth-order valence-electron chi connectivity index (χ4n) is 3.07. The summed E-state index contributed by atoms with van der Waals surface area (Å²) in [5.74, 6) is 0.199. The van der Waals surface area contributed by atoms with Gasteiger partial charge in [0.25, 0.3) is 11.8 Å². The minimum atomic E-state index is -0.270. The van der Waals surface area contributed by atoms with E-state index in [4.69, 9.17) is 16.3 Å². The van der Waals surface area contributed by atoms with Crippen LogP contribution >= 0.6 is 11.6 Å². The van der Waals surface area contributed by atoms with Crippen molar-refractivity contribution in [3.63, 3.8) is 0 Å². The number of hydrogen-bond acceptors (Lipinski definition) is 3. The summed E-state index contributed by atoms with van der Waals surface area (Å²) in [5.41, 5.74) is 1.44. The zero-order valence-corrected chi connectivity index (χ0v) is 17.0. The van der Waals surface area contributed by atoms with Crippen LogP contribution in [0.4, 0.5) is 5.69 Å². The number of ether oxygens (including phenoxy) is 1. The Balaban J connectivity index is 1.74. The van der Waals surface area contributed by atoms with Crippen LogP contribution < -0.4 is 10.1 Å². The van der Waals surface area contributed by atoms with E-state index in [2.05, 4.69) is 5.32 Å². The van der Waals surface area contributed by atoms with Crippen molar-refractivity contribution in [1.82, 2.24) is 4.90 Å². The van der Waals surface area contributed by atoms with Crippen LogP contribution in [0.2, 0.25) is 5.02 Å². The number of amides is 2. The van der Waals surface area contributed by atoms with Crippen molar-refractivity contribution < 1.29 is 14.3 Å². The third-order valence-electron chi connectivity index (χ3n) is 4.99. The van der Waals surface area contributed by atoms with Crippen molar-refractivity contribution in [3.8, 4) is 5.75 Å². The van der Waals surface area contributed by atoms with Gasteiger partial charge in [-0.1, -0.05) is 23.7 Å². The van der Waals surface area contributed by atoms with Gasteiger partial charge in [0.15, 0.2) is 0 Å². The predicted molar refractivity (Wildman–Crippen MR) is 111 cm³/mol. The predicted octanol–water partition coefficient (Wildman–Crippen LogP) is 5.01. The number of rotatable bonds is 7. The highest BCUT2D eigenvalue weighted by Crippen LogP contribution is 2.29. The monoisotopic (exact) mass is 400 g/mol. The van der Waals surface area contributed by atoms with E-state index in [1.165, 1.54) is 0 Å². The lowest BCUT2D eigenvalue weighted by atomic mass is 9.96. The number of nitrogens with zero attached hydrogens (tertiary/aromatic N) is 1. The van der Waals surface area contributed by atoms with E-state index >= 15 is 0 Å². The maximum atomic E-state index is 12.7. The molecule has 6 heteroatoms. The lowest BCUT2D eigenvalue weighted by Crippen LogP contribution is -2.30. The summed E-state index contributed by atoms with van der Waals surface area (Å²) in [6, 6.07) is 12.2. The highest BCUT2D eigenvalue weighted by molar-refractivity contribution is 6.34. The first-order chi connectivity index (χ1) is 13.5. The van der Waals surface area contributed by atoms with Crippen LogP contribution in [0.15, 0.2) is 42.5 Å². The Morgan fingerprint density at radius 3 is 2.43 bits per heavy atom. The Labute approximate surface area is 170 Å². The summed E-state index contributed by atoms with van der Waals surface area (Å²) < 4.78 is 5.93. The third-order valence-corrected chi connectivity index (χ3v) is 5.30. The number of para-hydroxylation sites is 1. The summed E-state index contributed by atoms with van der Waals surface area (Å²) >= 11 is 6.31. The molecule has 0 radical (unpaired) electrons. The molecular weight excluding hydrogens is 376 g/mol. The average molecular weight is 401 g/mol. The molecule has 0 aliphatic heterocycles. The van der Waals surface area contributed by atoms with Gasteiger partial charge in [-0.15, -0.1) is 0 Å². The van der Waals surface area contributed by atoms with Gasteiger partial charge >= 0.3 is 0 Å². The fraction of sp³-hybridized carbons (Fsp3) is 0.364. The Morgan fingerprint density at radius 1 is 1.11 bits per heavy atom. The van der Waals surface area contributed by atoms with Crippen molar-refractivity contribution in [2.75, 3.05) is 18.4 Å². The quantitative estimate of drug-likeness (QED) is 0.711. The molecule has 2 aromatic carbocycles. The second kappa shape index (κ2) is 9.11. The number of benzene rings is 2. The molecule has 1 fully saturated rings. The number of nitrogens with one attached hydrogen (secondary N) is 1. The molecule has 0 saturated heterocycles. The van der Waals surface area contributed by atoms with Crippen molar-refractivity contribution in [2.45, 2.75) is 39.2 Å². The second-order valence-corrected chi connectivity index (χ2v) is 7.20. The van der Waals surface area contributed by atoms with Gasteiger partial charge in [-0.05, 0) is 63.4 Å². The number of halogens is 1. The fourth-order valence-corrected chi connectivity index (χ4v) is 3.33. The van der Waals surface area contributed by atoms with E-state index in [1.807, 2.05) is 26.0 Å². The summed E-state index contributed by atoms with van der Waals surface area (Å²) in [5, 5.41) is 3.16. The molecule has 2 amide bonds. The van der Waals surface area contributed by atoms with Gasteiger partial charge < -0.3 is 15.0 Å². The normalized spacial score (nSPS) is 13.5. The zero-order valence-electron chi connectivity index (χ0n) is 16.2. The molecule has 5 nitrogen and oxygen atoms in total. The molecule has 2 aromatic rings. The van der Waals surface area contributed by atoms with Gasteiger partial charge in [0.1, 0.15) is 5.75 Å². The third kappa shape index (κ3) is 4.47. The first-order valence-corrected chi connectivity index (χ1v) is 10.1. The van der Waals surface area contributed by atoms with Gasteiger partial charge in [-0.25, -0.2) is 0 Å². The first-order valence-electron chi connectivity index (χ1n) is 9.69. The Hall–Kier alpha value is -2.53. The standard InChI is InChI=1S/C22H25ClN2O3/c1-3-25(4-2)22(27)17-13-12-15(14-19(17)23)24-21(26)18-10-5-6-11-20(18)28-16-8-7-9-16/h5-6,10-14,16H,3-4,7-9H2,1-2H3,(H,24,26). The molecular formula is C22H25ClN2O3. The zero-order chi connectivity index (χ0) is 20.1. The van der Waals surface area contributed by atoms with Crippen molar-refractivity contribution in [3.05, 3.63) is 58.6 Å². The van der Waals surface area contributed by atoms with Gasteiger partial charge in [-0.2, -0.15) is 0 Å². The largest absolute Gasteiger partial charge is 0.490 e. The van der Waals surface area contributed by atoms with Crippen molar-refractivity contribution in [2.24, 2.45) is 0 Å². The van der Waals surface area contributed by atoms with Gasteiger partial charge in [0, 0.05) is 18.8 Å². The Bertz CT molecular complexity index is 861. The highest BCUT2D eigenvalue weighted by atomic mass is 35.5. The molecule has 0 spiro atoms. The maximum Gasteiger partial charge on any atom is 0.259 e. The Kier molecular flexibility index (Phi) is 6.57. The molecule has 1 saturated carbocycles. The van der Waals surface area contributed by atoms with Gasteiger partial charge in [-0.3, -0.25) is 9.59 Å². The molecule has 1 aliphatic rings. The molecule has 0 aromatic heterocycles. The minimum absolute atomic E-state index is 0.118. The van der Waals surface area contributed by atoms with E-state index in [9.17, 15) is 9.59 Å². The topological polar surface area (TPSA) is 58.6 Å². The van der Waals surface area contributed by atoms with Crippen LogP contribution in [-0.4, -0.2) is 35.9 Å². The van der Waals surface area contributed by atoms with E-state index in [-0.39, 0.29) is 17.9 Å². The summed E-state index contributed by atoms with van der Waals surface area (Å²) in [6.45, 7) is 5.07. The summed E-state index contributed by atoms with van der Waals surface area (Å²) in [7, 11) is 0. The smallest absolute Gasteiger partial charge is 0.259 e. The van der Waals surface area contributed by atoms with Crippen LogP contribution in [0.5, 0.6) is 5.75 Å². The van der Waals surface area contributed by atoms with Gasteiger partial charge in [0.05, 0.1) is 22.3 Å². The Morgan fingerprint density at radius 2 is 1.82 bits per heavy atom. The summed E-state index contributed by atoms with van der Waals surface area (Å²) in [4.78, 5) is 26.9. The molecule has 28 heavy (non-hydrogen) atoms. The second-order valence-electron chi connectivity index (χ2n) is 6.79. The molecule has 0 unspecified atom stereocenters. The maximum absolute atomic E-state index is 12.7. The number of carbonyl (C=O) groups is 2. The van der Waals surface area contributed by atoms with Gasteiger partial charge in [0.2, 0.25) is 0 Å². The number of hydrogen-bond donors (Lipinski definition) is 1. The van der Waals surface area contributed by atoms with Crippen LogP contribution in [0.3, 0.4) is 0 Å². The van der Waals surface area contributed by atoms with Crippen molar-refractivity contribution in [1.29, 1.82) is 0 Å². The van der Waals surface area contributed by atoms with Crippen LogP contribution in [0.25, 0.3) is 0 Å². The van der Waals surface area contributed by atoms with Crippen LogP contribution in [-0.2, 0) is 0 Å². The lowest BCUT2D eigenvalue weighted by Gasteiger charge is -2.27.